The van der Waals surface area contributed by atoms with Crippen molar-refractivity contribution < 1.29 is 4.42 Å². The summed E-state index contributed by atoms with van der Waals surface area (Å²) >= 11 is 0. The Bertz CT molecular complexity index is 3150. The minimum atomic E-state index is 0.585. The highest BCUT2D eigenvalue weighted by Crippen LogP contribution is 2.47. The lowest BCUT2D eigenvalue weighted by Gasteiger charge is -2.12. The first-order chi connectivity index (χ1) is 27.8. The van der Waals surface area contributed by atoms with Gasteiger partial charge in [0.15, 0.2) is 0 Å². The van der Waals surface area contributed by atoms with E-state index >= 15 is 0 Å². The van der Waals surface area contributed by atoms with Gasteiger partial charge in [0.25, 0.3) is 0 Å². The summed E-state index contributed by atoms with van der Waals surface area (Å²) in [7, 11) is 0. The topological polar surface area (TPSA) is 56.7 Å². The molecular formula is C51H32N4O. The number of rotatable bonds is 6. The largest absolute Gasteiger partial charge is 0.455 e. The number of nitrogens with zero attached hydrogens (tertiary/aromatic N) is 4. The molecule has 0 saturated heterocycles. The van der Waals surface area contributed by atoms with Gasteiger partial charge in [-0.25, -0.2) is 9.97 Å². The minimum Gasteiger partial charge on any atom is -0.455 e. The minimum absolute atomic E-state index is 0.585. The number of aromatic nitrogens is 4. The van der Waals surface area contributed by atoms with Crippen LogP contribution in [0.25, 0.3) is 106 Å². The molecule has 0 amide bonds. The molecule has 5 nitrogen and oxygen atoms in total. The average molecular weight is 717 g/mol. The Morgan fingerprint density at radius 1 is 0.375 bits per heavy atom. The molecule has 0 atom stereocenters. The fourth-order valence-electron chi connectivity index (χ4n) is 8.10. The molecule has 0 aliphatic carbocycles. The van der Waals surface area contributed by atoms with Crippen molar-refractivity contribution in [2.75, 3.05) is 0 Å². The van der Waals surface area contributed by atoms with Gasteiger partial charge < -0.3 is 4.42 Å². The van der Waals surface area contributed by atoms with Gasteiger partial charge in [-0.05, 0) is 53.1 Å². The molecule has 0 spiro atoms. The van der Waals surface area contributed by atoms with Crippen LogP contribution >= 0.6 is 0 Å². The van der Waals surface area contributed by atoms with Gasteiger partial charge in [0.05, 0.1) is 28.1 Å². The van der Waals surface area contributed by atoms with Crippen LogP contribution in [0.4, 0.5) is 0 Å². The molecule has 262 valence electrons. The Labute approximate surface area is 322 Å². The summed E-state index contributed by atoms with van der Waals surface area (Å²) in [6.45, 7) is 0. The average Bonchev–Trinajstić information content (AvgIpc) is 3.83. The van der Waals surface area contributed by atoms with Crippen LogP contribution in [0.15, 0.2) is 199 Å². The molecule has 0 aliphatic rings. The highest BCUT2D eigenvalue weighted by molar-refractivity contribution is 6.30. The van der Waals surface area contributed by atoms with Crippen molar-refractivity contribution in [1.29, 1.82) is 0 Å². The number of benzene rings is 7. The maximum absolute atomic E-state index is 7.08. The van der Waals surface area contributed by atoms with Crippen LogP contribution in [0.5, 0.6) is 0 Å². The molecule has 7 aromatic carbocycles. The lowest BCUT2D eigenvalue weighted by molar-refractivity contribution is 0.671. The van der Waals surface area contributed by atoms with Gasteiger partial charge in [0, 0.05) is 50.0 Å². The number of para-hydroxylation sites is 1. The van der Waals surface area contributed by atoms with E-state index in [1.54, 1.807) is 0 Å². The second kappa shape index (κ2) is 13.0. The van der Waals surface area contributed by atoms with E-state index in [1.165, 1.54) is 0 Å². The summed E-state index contributed by atoms with van der Waals surface area (Å²) in [4.78, 5) is 15.6. The van der Waals surface area contributed by atoms with E-state index in [4.69, 9.17) is 19.4 Å². The molecule has 0 aliphatic heterocycles. The van der Waals surface area contributed by atoms with E-state index in [1.807, 2.05) is 42.6 Å². The van der Waals surface area contributed by atoms with E-state index in [9.17, 15) is 0 Å². The summed E-state index contributed by atoms with van der Waals surface area (Å²) in [5.74, 6) is 0.585. The Balaban J connectivity index is 1.32. The Morgan fingerprint density at radius 2 is 1.00 bits per heavy atom. The predicted molar refractivity (Wildman–Crippen MR) is 229 cm³/mol. The van der Waals surface area contributed by atoms with Gasteiger partial charge in [0.1, 0.15) is 11.2 Å². The first-order valence-corrected chi connectivity index (χ1v) is 18.8. The van der Waals surface area contributed by atoms with Crippen molar-refractivity contribution in [3.63, 3.8) is 0 Å². The van der Waals surface area contributed by atoms with Crippen LogP contribution in [0.2, 0.25) is 0 Å². The quantitative estimate of drug-likeness (QED) is 0.172. The number of hydrogen-bond donors (Lipinski definition) is 0. The summed E-state index contributed by atoms with van der Waals surface area (Å²) in [5.41, 5.74) is 13.5. The molecule has 0 radical (unpaired) electrons. The van der Waals surface area contributed by atoms with Gasteiger partial charge in [-0.2, -0.15) is 0 Å². The third-order valence-corrected chi connectivity index (χ3v) is 10.7. The molecule has 5 heteroatoms. The van der Waals surface area contributed by atoms with Crippen molar-refractivity contribution in [1.82, 2.24) is 19.5 Å². The third-order valence-electron chi connectivity index (χ3n) is 10.7. The molecule has 0 unspecified atom stereocenters. The number of pyridine rings is 1. The lowest BCUT2D eigenvalue weighted by Crippen LogP contribution is -2.04. The van der Waals surface area contributed by atoms with Crippen LogP contribution < -0.4 is 0 Å². The fourth-order valence-corrected chi connectivity index (χ4v) is 8.10. The molecule has 0 N–H and O–H groups in total. The molecule has 4 heterocycles. The number of fused-ring (bicyclic) bond motifs is 7. The molecule has 56 heavy (non-hydrogen) atoms. The highest BCUT2D eigenvalue weighted by Gasteiger charge is 2.25. The highest BCUT2D eigenvalue weighted by atomic mass is 16.3. The summed E-state index contributed by atoms with van der Waals surface area (Å²) in [6, 6.07) is 65.2. The zero-order valence-corrected chi connectivity index (χ0v) is 30.2. The smallest absolute Gasteiger partial charge is 0.235 e. The molecule has 11 rings (SSSR count). The van der Waals surface area contributed by atoms with Gasteiger partial charge >= 0.3 is 0 Å². The SMILES string of the molecule is c1ccc(-c2ccc3c(c2)c2c4c(oc5c(-c6ccccc6)cccc54)c(-c4ccccn4)cc2n3-c2nc(-c3ccccc3)cc(-c3ccccc3)n2)cc1. The van der Waals surface area contributed by atoms with E-state index in [0.717, 1.165) is 99.8 Å². The first kappa shape index (κ1) is 31.9. The molecular weight excluding hydrogens is 685 g/mol. The van der Waals surface area contributed by atoms with Gasteiger partial charge in [-0.1, -0.05) is 152 Å². The van der Waals surface area contributed by atoms with E-state index in [0.29, 0.717) is 5.95 Å². The lowest BCUT2D eigenvalue weighted by atomic mass is 9.97. The van der Waals surface area contributed by atoms with Crippen LogP contribution in [0, 0.1) is 0 Å². The maximum Gasteiger partial charge on any atom is 0.235 e. The van der Waals surface area contributed by atoms with Crippen molar-refractivity contribution in [3.05, 3.63) is 194 Å². The molecule has 0 bridgehead atoms. The van der Waals surface area contributed by atoms with Gasteiger partial charge in [-0.3, -0.25) is 9.55 Å². The Morgan fingerprint density at radius 3 is 1.64 bits per heavy atom. The number of hydrogen-bond acceptors (Lipinski definition) is 4. The summed E-state index contributed by atoms with van der Waals surface area (Å²) in [6.07, 6.45) is 1.84. The van der Waals surface area contributed by atoms with Crippen LogP contribution in [0.3, 0.4) is 0 Å². The molecule has 11 aromatic rings. The monoisotopic (exact) mass is 716 g/mol. The first-order valence-electron chi connectivity index (χ1n) is 18.8. The van der Waals surface area contributed by atoms with Gasteiger partial charge in [-0.15, -0.1) is 0 Å². The molecule has 0 saturated carbocycles. The molecule has 4 aromatic heterocycles. The van der Waals surface area contributed by atoms with E-state index in [-0.39, 0.29) is 0 Å². The normalized spacial score (nSPS) is 11.6. The zero-order chi connectivity index (χ0) is 37.0. The van der Waals surface area contributed by atoms with Crippen molar-refractivity contribution in [2.24, 2.45) is 0 Å². The zero-order valence-electron chi connectivity index (χ0n) is 30.2. The second-order valence-electron chi connectivity index (χ2n) is 14.0. The summed E-state index contributed by atoms with van der Waals surface area (Å²) < 4.78 is 9.31. The second-order valence-corrected chi connectivity index (χ2v) is 14.0. The van der Waals surface area contributed by atoms with Gasteiger partial charge in [0.2, 0.25) is 5.95 Å². The van der Waals surface area contributed by atoms with Crippen LogP contribution in [-0.2, 0) is 0 Å². The third kappa shape index (κ3) is 5.21. The van der Waals surface area contributed by atoms with E-state index < -0.39 is 0 Å². The van der Waals surface area contributed by atoms with Crippen LogP contribution in [-0.4, -0.2) is 19.5 Å². The summed E-state index contributed by atoms with van der Waals surface area (Å²) in [5, 5.41) is 4.23. The van der Waals surface area contributed by atoms with Crippen molar-refractivity contribution in [3.8, 4) is 62.0 Å². The van der Waals surface area contributed by atoms with E-state index in [2.05, 4.69) is 156 Å². The Kier molecular flexibility index (Phi) is 7.42. The standard InChI is InChI=1S/C51H32N4O/c1-5-16-33(17-6-1)37-27-28-45-41(30-37)47-46(55(45)51-53-43(35-20-9-3-10-21-35)32-44(54-51)36-22-11-4-12-23-36)31-40(42-26-13-14-29-52-42)50-48(47)39-25-15-24-38(49(39)56-50)34-18-7-2-8-19-34/h1-32H. The fraction of sp³-hybridized carbons (Fsp3) is 0. The Hall–Kier alpha value is -7.63. The maximum atomic E-state index is 7.08. The molecule has 0 fully saturated rings. The number of furan rings is 1. The predicted octanol–water partition coefficient (Wildman–Crippen LogP) is 13.2. The van der Waals surface area contributed by atoms with Crippen molar-refractivity contribution >= 4 is 43.7 Å². The van der Waals surface area contributed by atoms with Crippen LogP contribution in [0.1, 0.15) is 0 Å². The van der Waals surface area contributed by atoms with Crippen molar-refractivity contribution in [2.45, 2.75) is 0 Å².